The summed E-state index contributed by atoms with van der Waals surface area (Å²) in [6, 6.07) is 6.38. The second-order valence-electron chi connectivity index (χ2n) is 3.33. The molecule has 1 rings (SSSR count). The highest BCUT2D eigenvalue weighted by Gasteiger charge is 2.12. The van der Waals surface area contributed by atoms with Crippen LogP contribution in [0.4, 0.5) is 5.69 Å². The zero-order valence-corrected chi connectivity index (χ0v) is 10.6. The van der Waals surface area contributed by atoms with Gasteiger partial charge in [-0.25, -0.2) is 8.42 Å². The lowest BCUT2D eigenvalue weighted by atomic mass is 10.3. The van der Waals surface area contributed by atoms with Gasteiger partial charge in [0.2, 0.25) is 0 Å². The fourth-order valence-electron chi connectivity index (χ4n) is 1.27. The SMILES string of the molecule is CCCS(=O)(=O)c1ccc(NC(N)=S)cc1. The molecule has 0 spiro atoms. The molecule has 0 radical (unpaired) electrons. The molecular formula is C10H14N2O2S2. The lowest BCUT2D eigenvalue weighted by Gasteiger charge is -2.06. The number of hydrogen-bond donors (Lipinski definition) is 2. The van der Waals surface area contributed by atoms with Crippen molar-refractivity contribution in [3.05, 3.63) is 24.3 Å². The lowest BCUT2D eigenvalue weighted by Crippen LogP contribution is -2.18. The Bertz CT molecular complexity index is 466. The van der Waals surface area contributed by atoms with Gasteiger partial charge in [0.25, 0.3) is 0 Å². The maximum Gasteiger partial charge on any atom is 0.178 e. The smallest absolute Gasteiger partial charge is 0.178 e. The van der Waals surface area contributed by atoms with Crippen LogP contribution < -0.4 is 11.1 Å². The molecular weight excluding hydrogens is 244 g/mol. The van der Waals surface area contributed by atoms with Crippen LogP contribution in [-0.2, 0) is 9.84 Å². The molecule has 0 unspecified atom stereocenters. The van der Waals surface area contributed by atoms with Crippen molar-refractivity contribution in [3.8, 4) is 0 Å². The van der Waals surface area contributed by atoms with Gasteiger partial charge < -0.3 is 11.1 Å². The molecule has 0 atom stereocenters. The molecule has 0 aromatic heterocycles. The molecule has 0 aliphatic rings. The van der Waals surface area contributed by atoms with Crippen molar-refractivity contribution in [3.63, 3.8) is 0 Å². The molecule has 0 bridgehead atoms. The average molecular weight is 258 g/mol. The van der Waals surface area contributed by atoms with E-state index in [4.69, 9.17) is 5.73 Å². The minimum absolute atomic E-state index is 0.157. The normalized spacial score (nSPS) is 11.1. The molecule has 0 heterocycles. The van der Waals surface area contributed by atoms with Gasteiger partial charge >= 0.3 is 0 Å². The van der Waals surface area contributed by atoms with Gasteiger partial charge in [-0.2, -0.15) is 0 Å². The van der Waals surface area contributed by atoms with Crippen LogP contribution >= 0.6 is 12.2 Å². The summed E-state index contributed by atoms with van der Waals surface area (Å²) in [5.41, 5.74) is 5.98. The van der Waals surface area contributed by atoms with Crippen molar-refractivity contribution < 1.29 is 8.42 Å². The Kier molecular flexibility index (Phi) is 4.26. The summed E-state index contributed by atoms with van der Waals surface area (Å²) in [6.45, 7) is 1.83. The maximum absolute atomic E-state index is 11.7. The number of sulfone groups is 1. The van der Waals surface area contributed by atoms with Crippen molar-refractivity contribution in [2.45, 2.75) is 18.2 Å². The predicted octanol–water partition coefficient (Wildman–Crippen LogP) is 1.53. The van der Waals surface area contributed by atoms with Crippen molar-refractivity contribution in [2.24, 2.45) is 5.73 Å². The lowest BCUT2D eigenvalue weighted by molar-refractivity contribution is 0.595. The predicted molar refractivity (Wildman–Crippen MR) is 69.2 cm³/mol. The van der Waals surface area contributed by atoms with E-state index in [1.807, 2.05) is 6.92 Å². The van der Waals surface area contributed by atoms with E-state index in [2.05, 4.69) is 17.5 Å². The molecule has 0 aliphatic carbocycles. The molecule has 0 saturated heterocycles. The van der Waals surface area contributed by atoms with Crippen LogP contribution in [0.5, 0.6) is 0 Å². The summed E-state index contributed by atoms with van der Waals surface area (Å²) >= 11 is 4.67. The van der Waals surface area contributed by atoms with Crippen molar-refractivity contribution in [2.75, 3.05) is 11.1 Å². The molecule has 0 saturated carbocycles. The van der Waals surface area contributed by atoms with E-state index in [0.717, 1.165) is 0 Å². The van der Waals surface area contributed by atoms with Gasteiger partial charge in [0.15, 0.2) is 14.9 Å². The Labute approximate surface area is 101 Å². The van der Waals surface area contributed by atoms with Crippen LogP contribution in [0, 0.1) is 0 Å². The standard InChI is InChI=1S/C10H14N2O2S2/c1-2-7-16(13,14)9-5-3-8(4-6-9)12-10(11)15/h3-6H,2,7H2,1H3,(H3,11,12,15). The largest absolute Gasteiger partial charge is 0.376 e. The van der Waals surface area contributed by atoms with Crippen LogP contribution in [0.1, 0.15) is 13.3 Å². The first-order chi connectivity index (χ1) is 7.45. The second-order valence-corrected chi connectivity index (χ2v) is 5.88. The Morgan fingerprint density at radius 3 is 2.38 bits per heavy atom. The first-order valence-corrected chi connectivity index (χ1v) is 6.91. The Hall–Kier alpha value is -1.14. The average Bonchev–Trinajstić information content (AvgIpc) is 2.17. The topological polar surface area (TPSA) is 72.2 Å². The van der Waals surface area contributed by atoms with Gasteiger partial charge in [0.1, 0.15) is 0 Å². The fourth-order valence-corrected chi connectivity index (χ4v) is 2.72. The second kappa shape index (κ2) is 5.27. The first kappa shape index (κ1) is 12.9. The summed E-state index contributed by atoms with van der Waals surface area (Å²) in [7, 11) is -3.15. The van der Waals surface area contributed by atoms with E-state index >= 15 is 0 Å². The van der Waals surface area contributed by atoms with Crippen molar-refractivity contribution in [1.82, 2.24) is 0 Å². The summed E-state index contributed by atoms with van der Waals surface area (Å²) in [6.07, 6.45) is 0.606. The van der Waals surface area contributed by atoms with Gasteiger partial charge in [-0.1, -0.05) is 6.92 Å². The van der Waals surface area contributed by atoms with E-state index in [0.29, 0.717) is 17.0 Å². The summed E-state index contributed by atoms with van der Waals surface area (Å²) < 4.78 is 23.4. The molecule has 16 heavy (non-hydrogen) atoms. The zero-order valence-electron chi connectivity index (χ0n) is 8.93. The van der Waals surface area contributed by atoms with E-state index in [9.17, 15) is 8.42 Å². The van der Waals surface area contributed by atoms with Gasteiger partial charge in [-0.05, 0) is 42.9 Å². The number of anilines is 1. The molecule has 88 valence electrons. The molecule has 0 aliphatic heterocycles. The highest BCUT2D eigenvalue weighted by molar-refractivity contribution is 7.91. The van der Waals surface area contributed by atoms with Gasteiger partial charge in [0.05, 0.1) is 10.6 Å². The van der Waals surface area contributed by atoms with Crippen molar-refractivity contribution >= 4 is 32.9 Å². The summed E-state index contributed by atoms with van der Waals surface area (Å²) in [5, 5.41) is 2.89. The van der Waals surface area contributed by atoms with Crippen LogP contribution in [0.3, 0.4) is 0 Å². The Balaban J connectivity index is 2.91. The van der Waals surface area contributed by atoms with Gasteiger partial charge in [-0.15, -0.1) is 0 Å². The van der Waals surface area contributed by atoms with E-state index in [-0.39, 0.29) is 10.9 Å². The minimum Gasteiger partial charge on any atom is -0.376 e. The number of thiocarbonyl (C=S) groups is 1. The molecule has 4 nitrogen and oxygen atoms in total. The van der Waals surface area contributed by atoms with Crippen molar-refractivity contribution in [1.29, 1.82) is 0 Å². The van der Waals surface area contributed by atoms with Crippen LogP contribution in [0.15, 0.2) is 29.2 Å². The van der Waals surface area contributed by atoms with E-state index < -0.39 is 9.84 Å². The third-order valence-corrected chi connectivity index (χ3v) is 3.99. The number of benzene rings is 1. The van der Waals surface area contributed by atoms with E-state index in [1.54, 1.807) is 24.3 Å². The zero-order chi connectivity index (χ0) is 12.2. The summed E-state index contributed by atoms with van der Waals surface area (Å²) in [5.74, 6) is 0.162. The van der Waals surface area contributed by atoms with Gasteiger partial charge in [0, 0.05) is 5.69 Å². The molecule has 1 aromatic carbocycles. The molecule has 0 fully saturated rings. The van der Waals surface area contributed by atoms with Gasteiger partial charge in [-0.3, -0.25) is 0 Å². The highest BCUT2D eigenvalue weighted by atomic mass is 32.2. The van der Waals surface area contributed by atoms with Crippen LogP contribution in [0.25, 0.3) is 0 Å². The summed E-state index contributed by atoms with van der Waals surface area (Å²) in [4.78, 5) is 0.322. The fraction of sp³-hybridized carbons (Fsp3) is 0.300. The molecule has 3 N–H and O–H groups in total. The van der Waals surface area contributed by atoms with Crippen LogP contribution in [0.2, 0.25) is 0 Å². The van der Waals surface area contributed by atoms with E-state index in [1.165, 1.54) is 0 Å². The quantitative estimate of drug-likeness (QED) is 0.801. The Morgan fingerprint density at radius 2 is 1.94 bits per heavy atom. The number of hydrogen-bond acceptors (Lipinski definition) is 3. The Morgan fingerprint density at radius 1 is 1.38 bits per heavy atom. The molecule has 0 amide bonds. The number of nitrogens with one attached hydrogen (secondary N) is 1. The first-order valence-electron chi connectivity index (χ1n) is 4.85. The third kappa shape index (κ3) is 3.46. The monoisotopic (exact) mass is 258 g/mol. The molecule has 6 heteroatoms. The number of nitrogens with two attached hydrogens (primary N) is 1. The van der Waals surface area contributed by atoms with Crippen LogP contribution in [-0.4, -0.2) is 19.3 Å². The maximum atomic E-state index is 11.7. The minimum atomic E-state index is -3.15. The third-order valence-electron chi connectivity index (χ3n) is 1.95. The highest BCUT2D eigenvalue weighted by Crippen LogP contribution is 2.15. The number of rotatable bonds is 4. The molecule has 1 aromatic rings.